The first-order valence-corrected chi connectivity index (χ1v) is 7.86. The second-order valence-corrected chi connectivity index (χ2v) is 5.53. The summed E-state index contributed by atoms with van der Waals surface area (Å²) in [7, 11) is 0. The molecule has 1 aromatic carbocycles. The van der Waals surface area contributed by atoms with E-state index in [2.05, 4.69) is 15.3 Å². The molecule has 2 N–H and O–H groups in total. The molecule has 0 spiro atoms. The first kappa shape index (κ1) is 14.2. The molecule has 0 aliphatic carbocycles. The summed E-state index contributed by atoms with van der Waals surface area (Å²) in [6.45, 7) is 0.678. The van der Waals surface area contributed by atoms with Crippen molar-refractivity contribution in [3.05, 3.63) is 29.0 Å². The lowest BCUT2D eigenvalue weighted by Crippen LogP contribution is -2.26. The number of H-pyrrole nitrogens is 1. The highest BCUT2D eigenvalue weighted by Crippen LogP contribution is 2.17. The first-order valence-electron chi connectivity index (χ1n) is 6.09. The molecular formula is C13H16ClN3OS. The SMILES string of the molecule is CSCC(=O)NCCCc1nc2ccc(Cl)cc2[nH]1. The third kappa shape index (κ3) is 4.14. The standard InChI is InChI=1S/C13H16ClN3OS/c1-19-8-13(18)15-6-2-3-12-16-10-5-4-9(14)7-11(10)17-12/h4-5,7H,2-3,6,8H2,1H3,(H,15,18)(H,16,17). The molecule has 0 fully saturated rings. The molecular weight excluding hydrogens is 282 g/mol. The average molecular weight is 298 g/mol. The van der Waals surface area contributed by atoms with E-state index in [0.29, 0.717) is 17.3 Å². The van der Waals surface area contributed by atoms with Gasteiger partial charge in [0.1, 0.15) is 5.82 Å². The largest absolute Gasteiger partial charge is 0.355 e. The number of nitrogens with one attached hydrogen (secondary N) is 2. The highest BCUT2D eigenvalue weighted by Gasteiger charge is 2.04. The Morgan fingerprint density at radius 3 is 3.16 bits per heavy atom. The van der Waals surface area contributed by atoms with Gasteiger partial charge in [-0.15, -0.1) is 0 Å². The van der Waals surface area contributed by atoms with Gasteiger partial charge in [0.05, 0.1) is 16.8 Å². The number of imidazole rings is 1. The van der Waals surface area contributed by atoms with E-state index in [9.17, 15) is 4.79 Å². The minimum atomic E-state index is 0.0869. The highest BCUT2D eigenvalue weighted by molar-refractivity contribution is 7.99. The number of hydrogen-bond acceptors (Lipinski definition) is 3. The topological polar surface area (TPSA) is 57.8 Å². The van der Waals surface area contributed by atoms with Crippen molar-refractivity contribution in [2.24, 2.45) is 0 Å². The smallest absolute Gasteiger partial charge is 0.229 e. The van der Waals surface area contributed by atoms with E-state index in [-0.39, 0.29) is 5.91 Å². The molecule has 0 aliphatic heterocycles. The van der Waals surface area contributed by atoms with Gasteiger partial charge < -0.3 is 10.3 Å². The van der Waals surface area contributed by atoms with Crippen LogP contribution in [-0.4, -0.2) is 34.4 Å². The van der Waals surface area contributed by atoms with Gasteiger partial charge in [0, 0.05) is 18.0 Å². The van der Waals surface area contributed by atoms with Gasteiger partial charge in [0.2, 0.25) is 5.91 Å². The van der Waals surface area contributed by atoms with Gasteiger partial charge >= 0.3 is 0 Å². The zero-order chi connectivity index (χ0) is 13.7. The van der Waals surface area contributed by atoms with Crippen molar-refractivity contribution in [3.8, 4) is 0 Å². The van der Waals surface area contributed by atoms with Gasteiger partial charge in [0.15, 0.2) is 0 Å². The van der Waals surface area contributed by atoms with Crippen LogP contribution in [0.1, 0.15) is 12.2 Å². The molecule has 0 unspecified atom stereocenters. The Kier molecular flexibility index (Phi) is 5.10. The number of carbonyl (C=O) groups is 1. The van der Waals surface area contributed by atoms with Crippen molar-refractivity contribution in [3.63, 3.8) is 0 Å². The zero-order valence-electron chi connectivity index (χ0n) is 10.7. The number of fused-ring (bicyclic) bond motifs is 1. The predicted octanol–water partition coefficient (Wildman–Crippen LogP) is 2.63. The molecule has 0 saturated carbocycles. The van der Waals surface area contributed by atoms with Crippen LogP contribution in [0.3, 0.4) is 0 Å². The molecule has 0 atom stereocenters. The summed E-state index contributed by atoms with van der Waals surface area (Å²) in [5, 5.41) is 3.58. The predicted molar refractivity (Wildman–Crippen MR) is 80.8 cm³/mol. The summed E-state index contributed by atoms with van der Waals surface area (Å²) in [5.41, 5.74) is 1.87. The number of halogens is 1. The molecule has 1 amide bonds. The zero-order valence-corrected chi connectivity index (χ0v) is 12.3. The van der Waals surface area contributed by atoms with Crippen molar-refractivity contribution < 1.29 is 4.79 Å². The van der Waals surface area contributed by atoms with Crippen LogP contribution in [0.5, 0.6) is 0 Å². The number of hydrogen-bond donors (Lipinski definition) is 2. The van der Waals surface area contributed by atoms with E-state index in [0.717, 1.165) is 29.7 Å². The van der Waals surface area contributed by atoms with Crippen molar-refractivity contribution in [1.82, 2.24) is 15.3 Å². The average Bonchev–Trinajstić information content (AvgIpc) is 2.77. The van der Waals surface area contributed by atoms with Gasteiger partial charge in [-0.3, -0.25) is 4.79 Å². The van der Waals surface area contributed by atoms with Gasteiger partial charge in [0.25, 0.3) is 0 Å². The third-order valence-corrected chi connectivity index (χ3v) is 3.47. The maximum atomic E-state index is 11.3. The molecule has 0 aliphatic rings. The maximum absolute atomic E-state index is 11.3. The van der Waals surface area contributed by atoms with Crippen LogP contribution in [0.15, 0.2) is 18.2 Å². The monoisotopic (exact) mass is 297 g/mol. The number of rotatable bonds is 6. The van der Waals surface area contributed by atoms with Crippen molar-refractivity contribution in [2.45, 2.75) is 12.8 Å². The Labute approximate surface area is 121 Å². The summed E-state index contributed by atoms with van der Waals surface area (Å²) in [6, 6.07) is 5.60. The minimum Gasteiger partial charge on any atom is -0.355 e. The Hall–Kier alpha value is -1.20. The number of carbonyl (C=O) groups excluding carboxylic acids is 1. The van der Waals surface area contributed by atoms with Gasteiger partial charge in [-0.05, 0) is 30.9 Å². The molecule has 0 radical (unpaired) electrons. The number of aryl methyl sites for hydroxylation is 1. The number of aromatic amines is 1. The highest BCUT2D eigenvalue weighted by atomic mass is 35.5. The van der Waals surface area contributed by atoms with Crippen LogP contribution in [-0.2, 0) is 11.2 Å². The Balaban J connectivity index is 1.83. The van der Waals surface area contributed by atoms with Crippen molar-refractivity contribution >= 4 is 40.3 Å². The van der Waals surface area contributed by atoms with Crippen molar-refractivity contribution in [2.75, 3.05) is 18.6 Å². The van der Waals surface area contributed by atoms with Crippen LogP contribution < -0.4 is 5.32 Å². The molecule has 4 nitrogen and oxygen atoms in total. The number of amides is 1. The van der Waals surface area contributed by atoms with Crippen molar-refractivity contribution in [1.29, 1.82) is 0 Å². The Bertz CT molecular complexity index is 570. The van der Waals surface area contributed by atoms with Crippen LogP contribution in [0.2, 0.25) is 5.02 Å². The summed E-state index contributed by atoms with van der Waals surface area (Å²) in [6.07, 6.45) is 3.60. The molecule has 102 valence electrons. The molecule has 2 rings (SSSR count). The molecule has 1 aromatic heterocycles. The minimum absolute atomic E-state index is 0.0869. The first-order chi connectivity index (χ1) is 9.19. The third-order valence-electron chi connectivity index (χ3n) is 2.68. The van der Waals surface area contributed by atoms with Gasteiger partial charge in [-0.25, -0.2) is 4.98 Å². The second kappa shape index (κ2) is 6.82. The normalized spacial score (nSPS) is 10.8. The van der Waals surface area contributed by atoms with E-state index >= 15 is 0 Å². The lowest BCUT2D eigenvalue weighted by Gasteiger charge is -2.02. The van der Waals surface area contributed by atoms with Crippen LogP contribution in [0.4, 0.5) is 0 Å². The maximum Gasteiger partial charge on any atom is 0.229 e. The van der Waals surface area contributed by atoms with Gasteiger partial charge in [-0.2, -0.15) is 11.8 Å². The van der Waals surface area contributed by atoms with Crippen LogP contribution in [0.25, 0.3) is 11.0 Å². The molecule has 2 aromatic rings. The number of nitrogens with zero attached hydrogens (tertiary/aromatic N) is 1. The van der Waals surface area contributed by atoms with Crippen LogP contribution in [0, 0.1) is 0 Å². The Morgan fingerprint density at radius 2 is 2.37 bits per heavy atom. The fraction of sp³-hybridized carbons (Fsp3) is 0.385. The molecule has 1 heterocycles. The number of aromatic nitrogens is 2. The van der Waals surface area contributed by atoms with Gasteiger partial charge in [-0.1, -0.05) is 11.6 Å². The molecule has 0 bridgehead atoms. The van der Waals surface area contributed by atoms with Crippen LogP contribution >= 0.6 is 23.4 Å². The summed E-state index contributed by atoms with van der Waals surface area (Å²) >= 11 is 7.45. The lowest BCUT2D eigenvalue weighted by molar-refractivity contribution is -0.118. The fourth-order valence-corrected chi connectivity index (χ4v) is 2.36. The van der Waals surface area contributed by atoms with E-state index in [1.807, 2.05) is 24.5 Å². The molecule has 19 heavy (non-hydrogen) atoms. The lowest BCUT2D eigenvalue weighted by atomic mass is 10.3. The number of benzene rings is 1. The quantitative estimate of drug-likeness (QED) is 0.806. The molecule has 6 heteroatoms. The summed E-state index contributed by atoms with van der Waals surface area (Å²) < 4.78 is 0. The fourth-order valence-electron chi connectivity index (χ4n) is 1.82. The summed E-state index contributed by atoms with van der Waals surface area (Å²) in [4.78, 5) is 19.0. The van der Waals surface area contributed by atoms with E-state index in [4.69, 9.17) is 11.6 Å². The van der Waals surface area contributed by atoms with E-state index in [1.165, 1.54) is 11.8 Å². The summed E-state index contributed by atoms with van der Waals surface area (Å²) in [5.74, 6) is 1.53. The van der Waals surface area contributed by atoms with E-state index in [1.54, 1.807) is 0 Å². The molecule has 0 saturated heterocycles. The van der Waals surface area contributed by atoms with E-state index < -0.39 is 0 Å². The Morgan fingerprint density at radius 1 is 1.53 bits per heavy atom. The number of thioether (sulfide) groups is 1. The second-order valence-electron chi connectivity index (χ2n) is 4.23.